The third-order valence-electron chi connectivity index (χ3n) is 1.20. The molecule has 2 nitrogen and oxygen atoms in total. The summed E-state index contributed by atoms with van der Waals surface area (Å²) < 4.78 is 4.89. The summed E-state index contributed by atoms with van der Waals surface area (Å²) in [5.74, 6) is 0.790. The summed E-state index contributed by atoms with van der Waals surface area (Å²) in [5.41, 5.74) is 0.757. The molecule has 0 N–H and O–H groups in total. The van der Waals surface area contributed by atoms with Gasteiger partial charge in [-0.1, -0.05) is 11.6 Å². The molecule has 0 bridgehead atoms. The number of pyridine rings is 1. The van der Waals surface area contributed by atoms with Gasteiger partial charge in [-0.2, -0.15) is 0 Å². The van der Waals surface area contributed by atoms with Gasteiger partial charge in [0, 0.05) is 0 Å². The molecule has 0 aliphatic carbocycles. The second kappa shape index (κ2) is 3.79. The molecule has 0 radical (unpaired) electrons. The second-order valence-corrected chi connectivity index (χ2v) is 2.60. The summed E-state index contributed by atoms with van der Waals surface area (Å²) in [6.45, 7) is 0. The highest BCUT2D eigenvalue weighted by atomic mass is 35.5. The maximum atomic E-state index is 5.72. The molecule has 0 aliphatic heterocycles. The topological polar surface area (TPSA) is 22.1 Å². The molecule has 1 rings (SSSR count). The fourth-order valence-corrected chi connectivity index (χ4v) is 1.01. The first-order valence-corrected chi connectivity index (χ1v) is 3.94. The maximum Gasteiger partial charge on any atom is 0.232 e. The van der Waals surface area contributed by atoms with Crippen molar-refractivity contribution < 1.29 is 4.74 Å². The van der Waals surface area contributed by atoms with Crippen molar-refractivity contribution in [3.63, 3.8) is 0 Å². The number of hydrogen-bond donors (Lipinski definition) is 0. The lowest BCUT2D eigenvalue weighted by Crippen LogP contribution is -1.91. The largest absolute Gasteiger partial charge is 0.480 e. The van der Waals surface area contributed by atoms with Crippen LogP contribution in [0.3, 0.4) is 0 Å². The summed E-state index contributed by atoms with van der Waals surface area (Å²) in [6.07, 6.45) is 0. The van der Waals surface area contributed by atoms with Crippen LogP contribution in [0.1, 0.15) is 5.69 Å². The molecule has 0 saturated heterocycles. The molecular formula is C7H7Cl2NO. The van der Waals surface area contributed by atoms with Crippen LogP contribution in [0.4, 0.5) is 0 Å². The van der Waals surface area contributed by atoms with Crippen molar-refractivity contribution in [2.75, 3.05) is 7.11 Å². The van der Waals surface area contributed by atoms with Crippen molar-refractivity contribution in [1.82, 2.24) is 4.98 Å². The van der Waals surface area contributed by atoms with Gasteiger partial charge < -0.3 is 4.74 Å². The summed E-state index contributed by atoms with van der Waals surface area (Å²) in [4.78, 5) is 4.02. The summed E-state index contributed by atoms with van der Waals surface area (Å²) in [6, 6.07) is 3.48. The molecule has 0 unspecified atom stereocenters. The third-order valence-corrected chi connectivity index (χ3v) is 1.76. The highest BCUT2D eigenvalue weighted by Gasteiger charge is 2.01. The Morgan fingerprint density at radius 2 is 2.27 bits per heavy atom. The molecule has 0 aliphatic rings. The second-order valence-electron chi connectivity index (χ2n) is 1.93. The smallest absolute Gasteiger partial charge is 0.232 e. The van der Waals surface area contributed by atoms with Crippen LogP contribution < -0.4 is 4.74 Å². The molecule has 0 atom stereocenters. The Morgan fingerprint density at radius 3 is 2.82 bits per heavy atom. The van der Waals surface area contributed by atoms with Crippen molar-refractivity contribution >= 4 is 23.2 Å². The van der Waals surface area contributed by atoms with Gasteiger partial charge in [0.15, 0.2) is 0 Å². The van der Waals surface area contributed by atoms with E-state index in [9.17, 15) is 0 Å². The number of alkyl halides is 1. The average molecular weight is 192 g/mol. The molecule has 60 valence electrons. The zero-order valence-electron chi connectivity index (χ0n) is 5.97. The lowest BCUT2D eigenvalue weighted by atomic mass is 10.4. The number of nitrogens with zero attached hydrogens (tertiary/aromatic N) is 1. The van der Waals surface area contributed by atoms with E-state index in [1.54, 1.807) is 12.1 Å². The molecule has 0 amide bonds. The normalized spacial score (nSPS) is 9.73. The highest BCUT2D eigenvalue weighted by Crippen LogP contribution is 2.21. The van der Waals surface area contributed by atoms with Crippen molar-refractivity contribution in [3.05, 3.63) is 22.8 Å². The Hall–Kier alpha value is -0.470. The van der Waals surface area contributed by atoms with Gasteiger partial charge in [0.05, 0.1) is 18.7 Å². The predicted molar refractivity (Wildman–Crippen MR) is 45.4 cm³/mol. The van der Waals surface area contributed by atoms with Crippen LogP contribution in [-0.2, 0) is 5.88 Å². The van der Waals surface area contributed by atoms with Crippen LogP contribution in [0.5, 0.6) is 5.88 Å². The third kappa shape index (κ3) is 1.98. The quantitative estimate of drug-likeness (QED) is 0.671. The Morgan fingerprint density at radius 1 is 1.55 bits per heavy atom. The summed E-state index contributed by atoms with van der Waals surface area (Å²) in [7, 11) is 1.52. The Bertz CT molecular complexity index is 252. The van der Waals surface area contributed by atoms with Crippen LogP contribution in [0, 0.1) is 0 Å². The van der Waals surface area contributed by atoms with Crippen molar-refractivity contribution in [3.8, 4) is 5.88 Å². The van der Waals surface area contributed by atoms with Crippen LogP contribution >= 0.6 is 23.2 Å². The molecule has 0 aromatic carbocycles. The molecule has 0 saturated carbocycles. The van der Waals surface area contributed by atoms with Crippen LogP contribution in [0.15, 0.2) is 12.1 Å². The number of rotatable bonds is 2. The minimum atomic E-state index is 0.369. The molecule has 4 heteroatoms. The van der Waals surface area contributed by atoms with Crippen molar-refractivity contribution in [2.24, 2.45) is 0 Å². The van der Waals surface area contributed by atoms with E-state index >= 15 is 0 Å². The van der Waals surface area contributed by atoms with E-state index in [0.29, 0.717) is 16.8 Å². The highest BCUT2D eigenvalue weighted by molar-refractivity contribution is 6.31. The Balaban J connectivity index is 3.02. The summed E-state index contributed by atoms with van der Waals surface area (Å²) >= 11 is 11.3. The zero-order chi connectivity index (χ0) is 8.27. The van der Waals surface area contributed by atoms with Gasteiger partial charge in [-0.25, -0.2) is 4.98 Å². The van der Waals surface area contributed by atoms with Gasteiger partial charge >= 0.3 is 0 Å². The SMILES string of the molecule is COc1nc(CCl)ccc1Cl. The van der Waals surface area contributed by atoms with E-state index in [2.05, 4.69) is 4.98 Å². The fourth-order valence-electron chi connectivity index (χ4n) is 0.679. The standard InChI is InChI=1S/C7H7Cl2NO/c1-11-7-6(9)3-2-5(4-8)10-7/h2-3H,4H2,1H3. The van der Waals surface area contributed by atoms with Crippen LogP contribution in [0.25, 0.3) is 0 Å². The average Bonchev–Trinajstić information content (AvgIpc) is 2.05. The predicted octanol–water partition coefficient (Wildman–Crippen LogP) is 2.48. The van der Waals surface area contributed by atoms with E-state index in [1.165, 1.54) is 7.11 Å². The molecule has 1 aromatic rings. The van der Waals surface area contributed by atoms with Gasteiger partial charge in [-0.05, 0) is 12.1 Å². The van der Waals surface area contributed by atoms with E-state index in [4.69, 9.17) is 27.9 Å². The number of ether oxygens (including phenoxy) is 1. The van der Waals surface area contributed by atoms with Gasteiger partial charge in [0.2, 0.25) is 5.88 Å². The Kier molecular flexibility index (Phi) is 2.97. The lowest BCUT2D eigenvalue weighted by Gasteiger charge is -2.01. The first-order chi connectivity index (χ1) is 5.27. The molecule has 1 heterocycles. The lowest BCUT2D eigenvalue weighted by molar-refractivity contribution is 0.397. The molecule has 11 heavy (non-hydrogen) atoms. The van der Waals surface area contributed by atoms with E-state index in [1.807, 2.05) is 0 Å². The van der Waals surface area contributed by atoms with Crippen LogP contribution in [0.2, 0.25) is 5.02 Å². The summed E-state index contributed by atoms with van der Waals surface area (Å²) in [5, 5.41) is 0.501. The van der Waals surface area contributed by atoms with Crippen molar-refractivity contribution in [2.45, 2.75) is 5.88 Å². The monoisotopic (exact) mass is 191 g/mol. The maximum absolute atomic E-state index is 5.72. The number of aromatic nitrogens is 1. The number of halogens is 2. The van der Waals surface area contributed by atoms with Crippen LogP contribution in [-0.4, -0.2) is 12.1 Å². The minimum Gasteiger partial charge on any atom is -0.480 e. The van der Waals surface area contributed by atoms with E-state index in [0.717, 1.165) is 5.69 Å². The van der Waals surface area contributed by atoms with Gasteiger partial charge in [0.1, 0.15) is 5.02 Å². The molecular weight excluding hydrogens is 185 g/mol. The fraction of sp³-hybridized carbons (Fsp3) is 0.286. The number of hydrogen-bond acceptors (Lipinski definition) is 2. The molecule has 0 spiro atoms. The van der Waals surface area contributed by atoms with E-state index in [-0.39, 0.29) is 0 Å². The first kappa shape index (κ1) is 8.62. The number of methoxy groups -OCH3 is 1. The van der Waals surface area contributed by atoms with Gasteiger partial charge in [-0.15, -0.1) is 11.6 Å². The van der Waals surface area contributed by atoms with E-state index < -0.39 is 0 Å². The van der Waals surface area contributed by atoms with Crippen molar-refractivity contribution in [1.29, 1.82) is 0 Å². The molecule has 0 fully saturated rings. The Labute approximate surface area is 75.1 Å². The first-order valence-electron chi connectivity index (χ1n) is 3.03. The van der Waals surface area contributed by atoms with Gasteiger partial charge in [-0.3, -0.25) is 0 Å². The van der Waals surface area contributed by atoms with Gasteiger partial charge in [0.25, 0.3) is 0 Å². The minimum absolute atomic E-state index is 0.369. The zero-order valence-corrected chi connectivity index (χ0v) is 7.49. The molecule has 1 aromatic heterocycles.